The molecule has 2 saturated heterocycles. The smallest absolute Gasteiger partial charge is 0.263 e. The van der Waals surface area contributed by atoms with E-state index in [1.807, 2.05) is 42.6 Å². The normalized spacial score (nSPS) is 18.8. The number of piperidine rings is 1. The first-order valence-electron chi connectivity index (χ1n) is 17.4. The van der Waals surface area contributed by atoms with E-state index >= 15 is 0 Å². The predicted molar refractivity (Wildman–Crippen MR) is 189 cm³/mol. The maximum Gasteiger partial charge on any atom is 0.263 e. The molecule has 0 spiro atoms. The fraction of sp³-hybridized carbons (Fsp3) is 0.432. The van der Waals surface area contributed by atoms with Gasteiger partial charge in [0, 0.05) is 56.8 Å². The minimum Gasteiger partial charge on any atom is -0.492 e. The van der Waals surface area contributed by atoms with E-state index in [1.54, 1.807) is 17.7 Å². The van der Waals surface area contributed by atoms with Gasteiger partial charge in [0.1, 0.15) is 23.8 Å². The van der Waals surface area contributed by atoms with Gasteiger partial charge in [0.25, 0.3) is 5.56 Å². The maximum atomic E-state index is 13.5. The second kappa shape index (κ2) is 14.4. The average molecular weight is 679 g/mol. The number of hydrogen-bond acceptors (Lipinski definition) is 11. The van der Waals surface area contributed by atoms with Crippen LogP contribution in [-0.2, 0) is 9.59 Å². The van der Waals surface area contributed by atoms with E-state index in [0.29, 0.717) is 47.8 Å². The van der Waals surface area contributed by atoms with Gasteiger partial charge in [-0.05, 0) is 68.5 Å². The highest BCUT2D eigenvalue weighted by molar-refractivity contribution is 6.01. The van der Waals surface area contributed by atoms with Crippen molar-refractivity contribution in [3.8, 4) is 5.75 Å². The van der Waals surface area contributed by atoms with Gasteiger partial charge in [-0.2, -0.15) is 4.98 Å². The number of fused-ring (bicyclic) bond motifs is 1. The molecule has 13 heteroatoms. The molecule has 2 amide bonds. The van der Waals surface area contributed by atoms with Crippen LogP contribution in [-0.4, -0.2) is 81.3 Å². The van der Waals surface area contributed by atoms with Crippen molar-refractivity contribution in [2.45, 2.75) is 64.3 Å². The minimum absolute atomic E-state index is 0.0146. The maximum absolute atomic E-state index is 13.5. The van der Waals surface area contributed by atoms with Gasteiger partial charge in [0.2, 0.25) is 17.8 Å². The largest absolute Gasteiger partial charge is 0.492 e. The third kappa shape index (κ3) is 6.95. The van der Waals surface area contributed by atoms with Crippen LogP contribution >= 0.6 is 0 Å². The quantitative estimate of drug-likeness (QED) is 0.183. The van der Waals surface area contributed by atoms with E-state index in [9.17, 15) is 19.2 Å². The summed E-state index contributed by atoms with van der Waals surface area (Å²) in [6.45, 7) is 8.03. The van der Waals surface area contributed by atoms with Crippen LogP contribution < -0.4 is 25.8 Å². The van der Waals surface area contributed by atoms with Crippen LogP contribution in [0.1, 0.15) is 78.9 Å². The number of Topliss-reactive ketones (excluding diaryl/α,β-unsaturated/α-hetero) is 1. The van der Waals surface area contributed by atoms with E-state index in [-0.39, 0.29) is 40.7 Å². The molecule has 13 nitrogen and oxygen atoms in total. The second-order valence-electron chi connectivity index (χ2n) is 13.4. The van der Waals surface area contributed by atoms with Gasteiger partial charge in [0.05, 0.1) is 23.4 Å². The van der Waals surface area contributed by atoms with E-state index < -0.39 is 0 Å². The number of pyridine rings is 2. The monoisotopic (exact) mass is 678 g/mol. The van der Waals surface area contributed by atoms with Crippen LogP contribution in [0.5, 0.6) is 5.75 Å². The predicted octanol–water partition coefficient (Wildman–Crippen LogP) is 4.28. The van der Waals surface area contributed by atoms with Gasteiger partial charge in [-0.15, -0.1) is 0 Å². The summed E-state index contributed by atoms with van der Waals surface area (Å²) in [5.41, 5.74) is 3.00. The highest BCUT2D eigenvalue weighted by Crippen LogP contribution is 2.32. The summed E-state index contributed by atoms with van der Waals surface area (Å²) in [4.78, 5) is 68.3. The Morgan fingerprint density at radius 3 is 2.52 bits per heavy atom. The number of aromatic nitrogens is 4. The molecule has 50 heavy (non-hydrogen) atoms. The lowest BCUT2D eigenvalue weighted by atomic mass is 9.90. The number of nitrogens with zero attached hydrogens (tertiary/aromatic N) is 6. The van der Waals surface area contributed by atoms with Crippen LogP contribution in [0.15, 0.2) is 53.6 Å². The molecule has 2 N–H and O–H groups in total. The van der Waals surface area contributed by atoms with Crippen molar-refractivity contribution in [3.05, 3.63) is 75.8 Å². The molecular weight excluding hydrogens is 636 g/mol. The third-order valence-electron chi connectivity index (χ3n) is 10.2. The number of piperazine rings is 1. The zero-order valence-electron chi connectivity index (χ0n) is 28.5. The Morgan fingerprint density at radius 2 is 1.80 bits per heavy atom. The molecule has 1 aromatic carbocycles. The SMILES string of the molecule is CC(=O)c1c(C)c2cnc(Nc3ccc(N4CCN(CCOc5cccc(C6CCC(=O)NC6=O)c5)CC4)cn3)nc2n(C2CCCC2)c1=O. The highest BCUT2D eigenvalue weighted by atomic mass is 16.5. The number of carbonyl (C=O) groups is 3. The molecule has 5 heterocycles. The number of ether oxygens (including phenoxy) is 1. The Balaban J connectivity index is 0.939. The number of rotatable bonds is 10. The summed E-state index contributed by atoms with van der Waals surface area (Å²) in [5, 5.41) is 6.33. The first-order chi connectivity index (χ1) is 24.2. The molecule has 4 aromatic rings. The molecule has 0 bridgehead atoms. The van der Waals surface area contributed by atoms with Crippen LogP contribution in [0.4, 0.5) is 17.5 Å². The van der Waals surface area contributed by atoms with Gasteiger partial charge in [-0.3, -0.25) is 34.0 Å². The standard InChI is InChI=1S/C37H42N8O5/c1-23-30-22-39-37(42-34(30)45(26-7-3-4-8-26)36(49)33(23)24(2)46)40-31-12-10-27(21-38-31)44-16-14-43(15-17-44)18-19-50-28-9-5-6-25(20-28)29-11-13-32(47)41-35(29)48/h5-6,9-10,12,20-22,26,29H,3-4,7-8,11,13-19H2,1-2H3,(H,41,47,48)(H,38,39,40,42). The Kier molecular flexibility index (Phi) is 9.57. The molecule has 1 unspecified atom stereocenters. The van der Waals surface area contributed by atoms with Crippen LogP contribution in [0.3, 0.4) is 0 Å². The minimum atomic E-state index is -0.329. The first kappa shape index (κ1) is 33.3. The number of amides is 2. The molecule has 3 aromatic heterocycles. The van der Waals surface area contributed by atoms with Gasteiger partial charge in [-0.1, -0.05) is 25.0 Å². The van der Waals surface area contributed by atoms with Crippen molar-refractivity contribution in [3.63, 3.8) is 0 Å². The van der Waals surface area contributed by atoms with Crippen LogP contribution in [0.2, 0.25) is 0 Å². The van der Waals surface area contributed by atoms with Crippen molar-refractivity contribution in [2.24, 2.45) is 0 Å². The van der Waals surface area contributed by atoms with Gasteiger partial charge in [0.15, 0.2) is 5.78 Å². The Bertz CT molecular complexity index is 1980. The summed E-state index contributed by atoms with van der Waals surface area (Å²) in [7, 11) is 0. The summed E-state index contributed by atoms with van der Waals surface area (Å²) in [6, 6.07) is 11.5. The summed E-state index contributed by atoms with van der Waals surface area (Å²) >= 11 is 0. The summed E-state index contributed by atoms with van der Waals surface area (Å²) < 4.78 is 7.75. The van der Waals surface area contributed by atoms with Crippen LogP contribution in [0, 0.1) is 6.92 Å². The lowest BCUT2D eigenvalue weighted by Gasteiger charge is -2.35. The first-order valence-corrected chi connectivity index (χ1v) is 17.4. The van der Waals surface area contributed by atoms with E-state index in [2.05, 4.69) is 30.4 Å². The molecule has 0 radical (unpaired) electrons. The fourth-order valence-corrected chi connectivity index (χ4v) is 7.43. The second-order valence-corrected chi connectivity index (χ2v) is 13.4. The number of ketones is 1. The number of aryl methyl sites for hydroxylation is 1. The lowest BCUT2D eigenvalue weighted by Crippen LogP contribution is -2.47. The molecule has 1 saturated carbocycles. The number of anilines is 3. The van der Waals surface area contributed by atoms with Crippen LogP contribution in [0.25, 0.3) is 11.0 Å². The van der Waals surface area contributed by atoms with E-state index in [4.69, 9.17) is 9.72 Å². The van der Waals surface area contributed by atoms with Crippen molar-refractivity contribution < 1.29 is 19.1 Å². The van der Waals surface area contributed by atoms with Gasteiger partial charge in [-0.25, -0.2) is 9.97 Å². The highest BCUT2D eigenvalue weighted by Gasteiger charge is 2.29. The molecule has 260 valence electrons. The molecule has 7 rings (SSSR count). The lowest BCUT2D eigenvalue weighted by molar-refractivity contribution is -0.134. The Morgan fingerprint density at radius 1 is 1.00 bits per heavy atom. The average Bonchev–Trinajstić information content (AvgIpc) is 3.64. The summed E-state index contributed by atoms with van der Waals surface area (Å²) in [5.74, 6) is 0.630. The molecule has 1 atom stereocenters. The third-order valence-corrected chi connectivity index (χ3v) is 10.2. The number of nitrogens with one attached hydrogen (secondary N) is 2. The molecule has 3 aliphatic rings. The van der Waals surface area contributed by atoms with Gasteiger partial charge < -0.3 is 15.0 Å². The van der Waals surface area contributed by atoms with Crippen molar-refractivity contribution in [1.29, 1.82) is 0 Å². The topological polar surface area (TPSA) is 152 Å². The number of hydrogen-bond donors (Lipinski definition) is 2. The molecule has 2 aliphatic heterocycles. The number of benzene rings is 1. The van der Waals surface area contributed by atoms with Gasteiger partial charge >= 0.3 is 0 Å². The van der Waals surface area contributed by atoms with Crippen molar-refractivity contribution in [1.82, 2.24) is 29.7 Å². The zero-order valence-corrected chi connectivity index (χ0v) is 28.5. The van der Waals surface area contributed by atoms with E-state index in [0.717, 1.165) is 75.4 Å². The number of imide groups is 1. The Labute approximate surface area is 290 Å². The molecular formula is C37H42N8O5. The molecule has 1 aliphatic carbocycles. The zero-order chi connectivity index (χ0) is 34.8. The van der Waals surface area contributed by atoms with E-state index in [1.165, 1.54) is 6.92 Å². The number of carbonyl (C=O) groups excluding carboxylic acids is 3. The fourth-order valence-electron chi connectivity index (χ4n) is 7.43. The van der Waals surface area contributed by atoms with Crippen molar-refractivity contribution >= 4 is 46.1 Å². The molecule has 3 fully saturated rings. The Hall–Kier alpha value is -5.17. The van der Waals surface area contributed by atoms with Crippen molar-refractivity contribution in [2.75, 3.05) is 49.5 Å². The summed E-state index contributed by atoms with van der Waals surface area (Å²) in [6.07, 6.45) is 8.25.